The molecule has 2 aliphatic rings. The number of aldehydes is 1. The molecule has 0 aliphatic carbocycles. The second kappa shape index (κ2) is 5.36. The highest BCUT2D eigenvalue weighted by atomic mass is 16.7. The first-order valence-corrected chi connectivity index (χ1v) is 8.48. The Labute approximate surface area is 144 Å². The molecule has 2 aliphatic heterocycles. The molecule has 2 atom stereocenters. The van der Waals surface area contributed by atoms with E-state index in [0.29, 0.717) is 11.6 Å². The molecule has 0 spiro atoms. The van der Waals surface area contributed by atoms with Crippen LogP contribution in [-0.4, -0.2) is 24.1 Å². The highest BCUT2D eigenvalue weighted by Crippen LogP contribution is 2.39. The molecule has 5 heteroatoms. The van der Waals surface area contributed by atoms with E-state index in [1.165, 1.54) is 10.9 Å². The van der Waals surface area contributed by atoms with Crippen molar-refractivity contribution in [1.82, 2.24) is 10.3 Å². The molecule has 0 saturated carbocycles. The van der Waals surface area contributed by atoms with E-state index in [9.17, 15) is 4.79 Å². The number of nitrogens with one attached hydrogen (secondary N) is 2. The van der Waals surface area contributed by atoms with Gasteiger partial charge in [0, 0.05) is 28.2 Å². The van der Waals surface area contributed by atoms with Crippen LogP contribution in [0.15, 0.2) is 36.4 Å². The first-order valence-electron chi connectivity index (χ1n) is 8.48. The maximum Gasteiger partial charge on any atom is 0.231 e. The minimum Gasteiger partial charge on any atom is -0.454 e. The van der Waals surface area contributed by atoms with Gasteiger partial charge in [-0.2, -0.15) is 0 Å². The molecule has 2 N–H and O–H groups in total. The molecule has 5 nitrogen and oxygen atoms in total. The minimum atomic E-state index is 0.0559. The second-order valence-corrected chi connectivity index (χ2v) is 6.76. The van der Waals surface area contributed by atoms with E-state index in [1.807, 2.05) is 30.3 Å². The van der Waals surface area contributed by atoms with Gasteiger partial charge in [0.1, 0.15) is 6.29 Å². The van der Waals surface area contributed by atoms with Crippen molar-refractivity contribution in [3.05, 3.63) is 58.8 Å². The fraction of sp³-hybridized carbons (Fsp3) is 0.250. The lowest BCUT2D eigenvalue weighted by Gasteiger charge is -2.29. The highest BCUT2D eigenvalue weighted by molar-refractivity contribution is 5.90. The Morgan fingerprint density at radius 2 is 2.00 bits per heavy atom. The quantitative estimate of drug-likeness (QED) is 0.706. The fourth-order valence-electron chi connectivity index (χ4n) is 3.92. The molecule has 2 aromatic carbocycles. The average molecular weight is 334 g/mol. The summed E-state index contributed by atoms with van der Waals surface area (Å²) >= 11 is 0. The van der Waals surface area contributed by atoms with Gasteiger partial charge in [-0.15, -0.1) is 0 Å². The first kappa shape index (κ1) is 14.5. The Balaban J connectivity index is 1.66. The summed E-state index contributed by atoms with van der Waals surface area (Å²) in [5.74, 6) is 1.58. The van der Waals surface area contributed by atoms with Gasteiger partial charge in [0.25, 0.3) is 0 Å². The van der Waals surface area contributed by atoms with Crippen LogP contribution in [0.2, 0.25) is 0 Å². The number of fused-ring (bicyclic) bond motifs is 4. The second-order valence-electron chi connectivity index (χ2n) is 6.76. The summed E-state index contributed by atoms with van der Waals surface area (Å²) in [5, 5.41) is 4.87. The standard InChI is InChI=1S/C20H18N2O3/c1-11-6-15-14-4-2-12(9-23)7-16(14)22-20(15)19(21-11)13-3-5-17-18(8-13)25-10-24-17/h2-5,7-9,11,19,21-22H,6,10H2,1H3/t11-,19+/m0/s1. The highest BCUT2D eigenvalue weighted by Gasteiger charge is 2.29. The van der Waals surface area contributed by atoms with Crippen molar-refractivity contribution in [2.75, 3.05) is 6.79 Å². The van der Waals surface area contributed by atoms with E-state index >= 15 is 0 Å². The lowest BCUT2D eigenvalue weighted by molar-refractivity contribution is 0.112. The maximum absolute atomic E-state index is 11.1. The Hall–Kier alpha value is -2.79. The predicted molar refractivity (Wildman–Crippen MR) is 94.4 cm³/mol. The van der Waals surface area contributed by atoms with Crippen molar-refractivity contribution < 1.29 is 14.3 Å². The van der Waals surface area contributed by atoms with Crippen molar-refractivity contribution >= 4 is 17.2 Å². The zero-order chi connectivity index (χ0) is 17.0. The molecule has 5 rings (SSSR count). The van der Waals surface area contributed by atoms with Gasteiger partial charge in [0.2, 0.25) is 6.79 Å². The van der Waals surface area contributed by atoms with Crippen molar-refractivity contribution in [2.24, 2.45) is 0 Å². The summed E-state index contributed by atoms with van der Waals surface area (Å²) in [5.41, 5.74) is 5.32. The first-order chi connectivity index (χ1) is 12.2. The molecule has 3 heterocycles. The lowest BCUT2D eigenvalue weighted by Crippen LogP contribution is -2.37. The van der Waals surface area contributed by atoms with Crippen molar-refractivity contribution in [1.29, 1.82) is 0 Å². The van der Waals surface area contributed by atoms with Crippen LogP contribution in [0.4, 0.5) is 0 Å². The zero-order valence-electron chi connectivity index (χ0n) is 13.8. The molecular weight excluding hydrogens is 316 g/mol. The number of rotatable bonds is 2. The number of aromatic amines is 1. The van der Waals surface area contributed by atoms with E-state index in [0.717, 1.165) is 41.0 Å². The topological polar surface area (TPSA) is 63.4 Å². The molecule has 1 aromatic heterocycles. The van der Waals surface area contributed by atoms with Gasteiger partial charge in [0.05, 0.1) is 6.04 Å². The molecular formula is C20H18N2O3. The summed E-state index contributed by atoms with van der Waals surface area (Å²) < 4.78 is 11.0. The molecule has 0 fully saturated rings. The van der Waals surface area contributed by atoms with E-state index in [4.69, 9.17) is 9.47 Å². The van der Waals surface area contributed by atoms with Gasteiger partial charge in [0.15, 0.2) is 11.5 Å². The number of benzene rings is 2. The Morgan fingerprint density at radius 3 is 2.88 bits per heavy atom. The molecule has 0 saturated heterocycles. The van der Waals surface area contributed by atoms with Crippen LogP contribution in [0.1, 0.15) is 40.1 Å². The number of aromatic nitrogens is 1. The third-order valence-corrected chi connectivity index (χ3v) is 5.08. The van der Waals surface area contributed by atoms with Crippen LogP contribution in [0.25, 0.3) is 10.9 Å². The lowest BCUT2D eigenvalue weighted by atomic mass is 9.90. The maximum atomic E-state index is 11.1. The number of carbonyl (C=O) groups is 1. The molecule has 3 aromatic rings. The molecule has 0 bridgehead atoms. The number of hydrogen-bond acceptors (Lipinski definition) is 4. The Kier molecular flexibility index (Phi) is 3.12. The summed E-state index contributed by atoms with van der Waals surface area (Å²) in [6, 6.07) is 12.3. The van der Waals surface area contributed by atoms with E-state index in [2.05, 4.69) is 23.3 Å². The average Bonchev–Trinajstić information content (AvgIpc) is 3.24. The van der Waals surface area contributed by atoms with Crippen molar-refractivity contribution in [2.45, 2.75) is 25.4 Å². The number of ether oxygens (including phenoxy) is 2. The van der Waals surface area contributed by atoms with Crippen LogP contribution in [-0.2, 0) is 6.42 Å². The fourth-order valence-corrected chi connectivity index (χ4v) is 3.92. The number of H-pyrrole nitrogens is 1. The minimum absolute atomic E-state index is 0.0559. The summed E-state index contributed by atoms with van der Waals surface area (Å²) in [6.45, 7) is 2.47. The van der Waals surface area contributed by atoms with Crippen LogP contribution >= 0.6 is 0 Å². The van der Waals surface area contributed by atoms with Gasteiger partial charge in [-0.3, -0.25) is 4.79 Å². The molecule has 0 amide bonds. The van der Waals surface area contributed by atoms with E-state index < -0.39 is 0 Å². The normalized spacial score (nSPS) is 21.3. The Morgan fingerprint density at radius 1 is 1.12 bits per heavy atom. The largest absolute Gasteiger partial charge is 0.454 e. The predicted octanol–water partition coefficient (Wildman–Crippen LogP) is 3.33. The Bertz CT molecular complexity index is 992. The summed E-state index contributed by atoms with van der Waals surface area (Å²) in [4.78, 5) is 14.6. The van der Waals surface area contributed by atoms with Gasteiger partial charge in [-0.05, 0) is 42.7 Å². The monoisotopic (exact) mass is 334 g/mol. The van der Waals surface area contributed by atoms with Crippen molar-refractivity contribution in [3.8, 4) is 11.5 Å². The van der Waals surface area contributed by atoms with E-state index in [1.54, 1.807) is 0 Å². The molecule has 0 unspecified atom stereocenters. The third kappa shape index (κ3) is 2.23. The van der Waals surface area contributed by atoms with Crippen LogP contribution in [0.3, 0.4) is 0 Å². The molecule has 126 valence electrons. The van der Waals surface area contributed by atoms with Crippen LogP contribution in [0, 0.1) is 0 Å². The van der Waals surface area contributed by atoms with Crippen LogP contribution in [0.5, 0.6) is 11.5 Å². The van der Waals surface area contributed by atoms with Crippen molar-refractivity contribution in [3.63, 3.8) is 0 Å². The number of carbonyl (C=O) groups excluding carboxylic acids is 1. The molecule has 0 radical (unpaired) electrons. The van der Waals surface area contributed by atoms with Crippen LogP contribution < -0.4 is 14.8 Å². The smallest absolute Gasteiger partial charge is 0.231 e. The SMILES string of the molecule is C[C@H]1Cc2c([nH]c3cc(C=O)ccc23)[C@@H](c2ccc3c(c2)OCO3)N1. The summed E-state index contributed by atoms with van der Waals surface area (Å²) in [7, 11) is 0. The van der Waals surface area contributed by atoms with Gasteiger partial charge >= 0.3 is 0 Å². The molecule has 25 heavy (non-hydrogen) atoms. The van der Waals surface area contributed by atoms with Gasteiger partial charge < -0.3 is 19.8 Å². The summed E-state index contributed by atoms with van der Waals surface area (Å²) in [6.07, 6.45) is 1.84. The van der Waals surface area contributed by atoms with E-state index in [-0.39, 0.29) is 12.8 Å². The number of hydrogen-bond donors (Lipinski definition) is 2. The zero-order valence-corrected chi connectivity index (χ0v) is 13.8. The van der Waals surface area contributed by atoms with Gasteiger partial charge in [-0.25, -0.2) is 0 Å². The third-order valence-electron chi connectivity index (χ3n) is 5.08. The van der Waals surface area contributed by atoms with Gasteiger partial charge in [-0.1, -0.05) is 18.2 Å².